The Hall–Kier alpha value is 0.170. The van der Waals surface area contributed by atoms with Crippen molar-refractivity contribution in [3.63, 3.8) is 0 Å². The van der Waals surface area contributed by atoms with Crippen LogP contribution in [0.25, 0.3) is 0 Å². The summed E-state index contributed by atoms with van der Waals surface area (Å²) >= 11 is 0. The summed E-state index contributed by atoms with van der Waals surface area (Å²) in [4.78, 5) is 2.56. The van der Waals surface area contributed by atoms with Gasteiger partial charge in [-0.15, -0.1) is 12.4 Å². The first-order valence-electron chi connectivity index (χ1n) is 6.96. The maximum atomic E-state index is 9.17. The van der Waals surface area contributed by atoms with E-state index >= 15 is 0 Å². The van der Waals surface area contributed by atoms with Gasteiger partial charge in [-0.3, -0.25) is 4.90 Å². The Kier molecular flexibility index (Phi) is 7.44. The van der Waals surface area contributed by atoms with Crippen molar-refractivity contribution in [2.24, 2.45) is 5.92 Å². The van der Waals surface area contributed by atoms with Crippen LogP contribution in [0.2, 0.25) is 0 Å². The van der Waals surface area contributed by atoms with Crippen molar-refractivity contribution in [1.29, 1.82) is 0 Å². The zero-order valence-corrected chi connectivity index (χ0v) is 11.6. The molecular weight excluding hydrogens is 236 g/mol. The Morgan fingerprint density at radius 2 is 1.71 bits per heavy atom. The molecule has 0 aromatic rings. The summed E-state index contributed by atoms with van der Waals surface area (Å²) in [6.45, 7) is 4.79. The molecule has 1 aliphatic carbocycles. The zero-order valence-electron chi connectivity index (χ0n) is 10.7. The minimum absolute atomic E-state index is 0. The molecule has 0 atom stereocenters. The number of rotatable bonds is 5. The lowest BCUT2D eigenvalue weighted by Gasteiger charge is -2.33. The number of piperidine rings is 1. The van der Waals surface area contributed by atoms with Gasteiger partial charge in [-0.05, 0) is 44.7 Å². The Balaban J connectivity index is 0.00000144. The molecule has 2 rings (SSSR count). The van der Waals surface area contributed by atoms with Gasteiger partial charge in [0.1, 0.15) is 0 Å². The van der Waals surface area contributed by atoms with Crippen molar-refractivity contribution in [2.45, 2.75) is 44.6 Å². The predicted molar refractivity (Wildman–Crippen MR) is 73.8 cm³/mol. The van der Waals surface area contributed by atoms with Gasteiger partial charge in [0.05, 0.1) is 6.61 Å². The number of hydrogen-bond acceptors (Lipinski definition) is 3. The van der Waals surface area contributed by atoms with Crippen LogP contribution in [0, 0.1) is 5.92 Å². The summed E-state index contributed by atoms with van der Waals surface area (Å²) in [5.74, 6) is 0.855. The van der Waals surface area contributed by atoms with E-state index in [0.29, 0.717) is 6.61 Å². The minimum Gasteiger partial charge on any atom is -0.395 e. The van der Waals surface area contributed by atoms with Crippen LogP contribution in [-0.2, 0) is 0 Å². The zero-order chi connectivity index (χ0) is 11.2. The number of halogens is 1. The molecule has 3 nitrogen and oxygen atoms in total. The lowest BCUT2D eigenvalue weighted by molar-refractivity contribution is 0.122. The molecular formula is C13H27ClN2O. The molecule has 0 radical (unpaired) electrons. The molecule has 1 saturated heterocycles. The van der Waals surface area contributed by atoms with Crippen LogP contribution in [0.5, 0.6) is 0 Å². The van der Waals surface area contributed by atoms with E-state index < -0.39 is 0 Å². The van der Waals surface area contributed by atoms with Crippen LogP contribution in [0.15, 0.2) is 0 Å². The molecule has 17 heavy (non-hydrogen) atoms. The fourth-order valence-electron chi connectivity index (χ4n) is 3.22. The summed E-state index contributed by atoms with van der Waals surface area (Å²) in [6, 6.07) is 0.766. The van der Waals surface area contributed by atoms with E-state index in [9.17, 15) is 5.11 Å². The second-order valence-corrected chi connectivity index (χ2v) is 5.35. The maximum absolute atomic E-state index is 9.17. The van der Waals surface area contributed by atoms with Crippen molar-refractivity contribution in [1.82, 2.24) is 10.2 Å². The maximum Gasteiger partial charge on any atom is 0.0558 e. The molecule has 0 unspecified atom stereocenters. The van der Waals surface area contributed by atoms with Crippen molar-refractivity contribution < 1.29 is 5.11 Å². The summed E-state index contributed by atoms with van der Waals surface area (Å²) in [5, 5.41) is 12.6. The minimum atomic E-state index is 0. The third kappa shape index (κ3) is 4.74. The first-order chi connectivity index (χ1) is 7.90. The van der Waals surface area contributed by atoms with Crippen molar-refractivity contribution >= 4 is 12.4 Å². The standard InChI is InChI=1S/C13H26N2O.ClH/c16-10-9-15(13-3-1-2-4-13)11-12-5-7-14-8-6-12;/h12-14,16H,1-11H2;1H. The average molecular weight is 263 g/mol. The van der Waals surface area contributed by atoms with E-state index in [0.717, 1.165) is 18.5 Å². The average Bonchev–Trinajstić information content (AvgIpc) is 2.83. The third-order valence-electron chi connectivity index (χ3n) is 4.18. The van der Waals surface area contributed by atoms with Crippen LogP contribution in [0.1, 0.15) is 38.5 Å². The highest BCUT2D eigenvalue weighted by Crippen LogP contribution is 2.25. The third-order valence-corrected chi connectivity index (χ3v) is 4.18. The second-order valence-electron chi connectivity index (χ2n) is 5.35. The molecule has 1 aliphatic heterocycles. The van der Waals surface area contributed by atoms with E-state index in [1.54, 1.807) is 0 Å². The van der Waals surface area contributed by atoms with Gasteiger partial charge in [-0.2, -0.15) is 0 Å². The van der Waals surface area contributed by atoms with E-state index in [4.69, 9.17) is 0 Å². The van der Waals surface area contributed by atoms with Crippen molar-refractivity contribution in [3.8, 4) is 0 Å². The highest BCUT2D eigenvalue weighted by atomic mass is 35.5. The van der Waals surface area contributed by atoms with E-state index in [1.165, 1.54) is 58.2 Å². The molecule has 4 heteroatoms. The fraction of sp³-hybridized carbons (Fsp3) is 1.00. The lowest BCUT2D eigenvalue weighted by atomic mass is 9.96. The second kappa shape index (κ2) is 8.30. The molecule has 1 heterocycles. The normalized spacial score (nSPS) is 22.9. The molecule has 0 bridgehead atoms. The van der Waals surface area contributed by atoms with Gasteiger partial charge in [0, 0.05) is 19.1 Å². The van der Waals surface area contributed by atoms with Crippen molar-refractivity contribution in [3.05, 3.63) is 0 Å². The number of hydrogen-bond donors (Lipinski definition) is 2. The first-order valence-corrected chi connectivity index (χ1v) is 6.96. The van der Waals surface area contributed by atoms with E-state index in [1.807, 2.05) is 0 Å². The van der Waals surface area contributed by atoms with Crippen LogP contribution < -0.4 is 5.32 Å². The molecule has 2 aliphatic rings. The molecule has 0 amide bonds. The lowest BCUT2D eigenvalue weighted by Crippen LogP contribution is -2.42. The van der Waals surface area contributed by atoms with Crippen LogP contribution in [0.4, 0.5) is 0 Å². The first kappa shape index (κ1) is 15.2. The van der Waals surface area contributed by atoms with Crippen LogP contribution in [-0.4, -0.2) is 48.8 Å². The van der Waals surface area contributed by atoms with E-state index in [-0.39, 0.29) is 12.4 Å². The van der Waals surface area contributed by atoms with Gasteiger partial charge < -0.3 is 10.4 Å². The Morgan fingerprint density at radius 3 is 2.29 bits per heavy atom. The SMILES string of the molecule is Cl.OCCN(CC1CCNCC1)C1CCCC1. The van der Waals surface area contributed by atoms with Crippen molar-refractivity contribution in [2.75, 3.05) is 32.8 Å². The molecule has 102 valence electrons. The summed E-state index contributed by atoms with van der Waals surface area (Å²) in [5.41, 5.74) is 0. The van der Waals surface area contributed by atoms with E-state index in [2.05, 4.69) is 10.2 Å². The number of nitrogens with one attached hydrogen (secondary N) is 1. The highest BCUT2D eigenvalue weighted by molar-refractivity contribution is 5.85. The molecule has 1 saturated carbocycles. The number of nitrogens with zero attached hydrogens (tertiary/aromatic N) is 1. The Bertz CT molecular complexity index is 192. The summed E-state index contributed by atoms with van der Waals surface area (Å²) < 4.78 is 0. The largest absolute Gasteiger partial charge is 0.395 e. The molecule has 0 spiro atoms. The molecule has 2 fully saturated rings. The summed E-state index contributed by atoms with van der Waals surface area (Å²) in [6.07, 6.45) is 8.11. The van der Waals surface area contributed by atoms with Crippen LogP contribution in [0.3, 0.4) is 0 Å². The highest BCUT2D eigenvalue weighted by Gasteiger charge is 2.25. The topological polar surface area (TPSA) is 35.5 Å². The van der Waals surface area contributed by atoms with Gasteiger partial charge in [0.15, 0.2) is 0 Å². The van der Waals surface area contributed by atoms with Gasteiger partial charge in [-0.1, -0.05) is 12.8 Å². The Morgan fingerprint density at radius 1 is 1.06 bits per heavy atom. The smallest absolute Gasteiger partial charge is 0.0558 e. The Labute approximate surface area is 111 Å². The fourth-order valence-corrected chi connectivity index (χ4v) is 3.22. The number of aliphatic hydroxyl groups is 1. The van der Waals surface area contributed by atoms with Gasteiger partial charge in [0.2, 0.25) is 0 Å². The molecule has 0 aromatic heterocycles. The predicted octanol–water partition coefficient (Wildman–Crippen LogP) is 1.64. The quantitative estimate of drug-likeness (QED) is 0.791. The van der Waals surface area contributed by atoms with Gasteiger partial charge in [0.25, 0.3) is 0 Å². The van der Waals surface area contributed by atoms with Gasteiger partial charge in [-0.25, -0.2) is 0 Å². The molecule has 0 aromatic carbocycles. The monoisotopic (exact) mass is 262 g/mol. The van der Waals surface area contributed by atoms with Gasteiger partial charge >= 0.3 is 0 Å². The molecule has 2 N–H and O–H groups in total. The van der Waals surface area contributed by atoms with Crippen LogP contribution >= 0.6 is 12.4 Å². The summed E-state index contributed by atoms with van der Waals surface area (Å²) in [7, 11) is 0. The number of aliphatic hydroxyl groups excluding tert-OH is 1.